The van der Waals surface area contributed by atoms with Gasteiger partial charge in [-0.25, -0.2) is 4.98 Å². The average molecular weight is 280 g/mol. The highest BCUT2D eigenvalue weighted by atomic mass is 15.2. The number of rotatable bonds is 7. The molecule has 0 spiro atoms. The smallest absolute Gasteiger partial charge is 0.0949 e. The van der Waals surface area contributed by atoms with Crippen LogP contribution in [0.15, 0.2) is 12.5 Å². The molecular weight excluding hydrogens is 248 g/mol. The van der Waals surface area contributed by atoms with Gasteiger partial charge in [-0.2, -0.15) is 0 Å². The van der Waals surface area contributed by atoms with Gasteiger partial charge in [0.2, 0.25) is 0 Å². The zero-order valence-electron chi connectivity index (χ0n) is 14.3. The van der Waals surface area contributed by atoms with E-state index in [2.05, 4.69) is 68.2 Å². The van der Waals surface area contributed by atoms with Crippen molar-refractivity contribution in [1.29, 1.82) is 0 Å². The van der Waals surface area contributed by atoms with E-state index in [1.807, 2.05) is 12.5 Å². The summed E-state index contributed by atoms with van der Waals surface area (Å²) in [7, 11) is 0. The van der Waals surface area contributed by atoms with Crippen molar-refractivity contribution >= 4 is 0 Å². The van der Waals surface area contributed by atoms with Crippen LogP contribution in [0.25, 0.3) is 0 Å². The van der Waals surface area contributed by atoms with Crippen molar-refractivity contribution < 1.29 is 0 Å². The van der Waals surface area contributed by atoms with Crippen LogP contribution < -0.4 is 5.32 Å². The largest absolute Gasteiger partial charge is 0.332 e. The Morgan fingerprint density at radius 2 is 1.80 bits per heavy atom. The molecule has 0 radical (unpaired) electrons. The van der Waals surface area contributed by atoms with Crippen molar-refractivity contribution in [2.24, 2.45) is 0 Å². The van der Waals surface area contributed by atoms with E-state index in [-0.39, 0.29) is 5.54 Å². The van der Waals surface area contributed by atoms with Gasteiger partial charge in [-0.05, 0) is 48.5 Å². The number of hydrogen-bond acceptors (Lipinski definition) is 3. The fourth-order valence-electron chi connectivity index (χ4n) is 2.39. The van der Waals surface area contributed by atoms with Crippen LogP contribution in [0.4, 0.5) is 0 Å². The summed E-state index contributed by atoms with van der Waals surface area (Å²) in [5, 5.41) is 3.52. The van der Waals surface area contributed by atoms with Crippen molar-refractivity contribution in [2.45, 2.75) is 79.2 Å². The van der Waals surface area contributed by atoms with E-state index in [0.717, 1.165) is 19.6 Å². The summed E-state index contributed by atoms with van der Waals surface area (Å²) < 4.78 is 2.26. The van der Waals surface area contributed by atoms with Gasteiger partial charge in [0.25, 0.3) is 0 Å². The molecule has 1 N–H and O–H groups in total. The van der Waals surface area contributed by atoms with Crippen LogP contribution in [-0.2, 0) is 13.1 Å². The van der Waals surface area contributed by atoms with E-state index in [4.69, 9.17) is 0 Å². The van der Waals surface area contributed by atoms with E-state index in [0.29, 0.717) is 12.1 Å². The molecular formula is C16H32N4. The van der Waals surface area contributed by atoms with Crippen LogP contribution in [0.5, 0.6) is 0 Å². The third-order valence-electron chi connectivity index (χ3n) is 3.52. The fourth-order valence-corrected chi connectivity index (χ4v) is 2.39. The van der Waals surface area contributed by atoms with Gasteiger partial charge in [0, 0.05) is 43.5 Å². The molecule has 0 amide bonds. The molecule has 4 heteroatoms. The van der Waals surface area contributed by atoms with Crippen molar-refractivity contribution in [3.63, 3.8) is 0 Å². The molecule has 0 fully saturated rings. The van der Waals surface area contributed by atoms with Crippen LogP contribution in [-0.4, -0.2) is 38.6 Å². The molecule has 0 aromatic carbocycles. The van der Waals surface area contributed by atoms with Crippen LogP contribution >= 0.6 is 0 Å². The van der Waals surface area contributed by atoms with Crippen LogP contribution in [0.3, 0.4) is 0 Å². The highest BCUT2D eigenvalue weighted by Crippen LogP contribution is 2.08. The van der Waals surface area contributed by atoms with Gasteiger partial charge >= 0.3 is 0 Å². The van der Waals surface area contributed by atoms with E-state index in [9.17, 15) is 0 Å². The maximum absolute atomic E-state index is 4.29. The molecule has 1 aromatic heterocycles. The first-order chi connectivity index (χ1) is 9.20. The second-order valence-electron chi connectivity index (χ2n) is 7.11. The molecule has 0 atom stereocenters. The lowest BCUT2D eigenvalue weighted by molar-refractivity contribution is 0.167. The zero-order valence-corrected chi connectivity index (χ0v) is 14.3. The highest BCUT2D eigenvalue weighted by molar-refractivity contribution is 4.99. The molecule has 0 aliphatic heterocycles. The molecule has 0 aliphatic carbocycles. The number of nitrogens with one attached hydrogen (secondary N) is 1. The molecule has 0 saturated heterocycles. The Bertz CT molecular complexity index is 379. The maximum atomic E-state index is 4.29. The van der Waals surface area contributed by atoms with Gasteiger partial charge in [-0.1, -0.05) is 0 Å². The Morgan fingerprint density at radius 3 is 2.30 bits per heavy atom. The number of aromatic nitrogens is 2. The second-order valence-corrected chi connectivity index (χ2v) is 7.11. The molecule has 1 aromatic rings. The summed E-state index contributed by atoms with van der Waals surface area (Å²) in [5.41, 5.74) is 1.39. The van der Waals surface area contributed by atoms with E-state index >= 15 is 0 Å². The summed E-state index contributed by atoms with van der Waals surface area (Å²) in [6.07, 6.45) is 3.91. The average Bonchev–Trinajstić information content (AvgIpc) is 2.72. The Labute approximate surface area is 124 Å². The van der Waals surface area contributed by atoms with Gasteiger partial charge in [-0.3, -0.25) is 4.90 Å². The maximum Gasteiger partial charge on any atom is 0.0949 e. The quantitative estimate of drug-likeness (QED) is 0.833. The van der Waals surface area contributed by atoms with Gasteiger partial charge in [-0.15, -0.1) is 0 Å². The SMILES string of the molecule is CC(C)N(CCn1cncc1CNC(C)(C)C)C(C)C. The normalized spacial score (nSPS) is 12.9. The first-order valence-corrected chi connectivity index (χ1v) is 7.70. The Morgan fingerprint density at radius 1 is 1.20 bits per heavy atom. The lowest BCUT2D eigenvalue weighted by Gasteiger charge is -2.30. The zero-order chi connectivity index (χ0) is 15.3. The third-order valence-corrected chi connectivity index (χ3v) is 3.52. The predicted molar refractivity (Wildman–Crippen MR) is 85.8 cm³/mol. The Balaban J connectivity index is 2.58. The lowest BCUT2D eigenvalue weighted by Crippen LogP contribution is -2.39. The molecule has 0 unspecified atom stereocenters. The number of nitrogens with zero attached hydrogens (tertiary/aromatic N) is 3. The van der Waals surface area contributed by atoms with Crippen molar-refractivity contribution in [3.8, 4) is 0 Å². The molecule has 1 rings (SSSR count). The lowest BCUT2D eigenvalue weighted by atomic mass is 10.1. The minimum absolute atomic E-state index is 0.136. The molecule has 20 heavy (non-hydrogen) atoms. The van der Waals surface area contributed by atoms with E-state index in [1.165, 1.54) is 5.69 Å². The minimum atomic E-state index is 0.136. The van der Waals surface area contributed by atoms with Crippen molar-refractivity contribution in [2.75, 3.05) is 6.54 Å². The van der Waals surface area contributed by atoms with E-state index < -0.39 is 0 Å². The highest BCUT2D eigenvalue weighted by Gasteiger charge is 2.14. The van der Waals surface area contributed by atoms with Crippen LogP contribution in [0, 0.1) is 0 Å². The monoisotopic (exact) mass is 280 g/mol. The molecule has 116 valence electrons. The van der Waals surface area contributed by atoms with Gasteiger partial charge in [0.1, 0.15) is 0 Å². The first-order valence-electron chi connectivity index (χ1n) is 7.70. The Hall–Kier alpha value is -0.870. The summed E-state index contributed by atoms with van der Waals surface area (Å²) >= 11 is 0. The molecule has 0 aliphatic rings. The van der Waals surface area contributed by atoms with Crippen molar-refractivity contribution in [3.05, 3.63) is 18.2 Å². The molecule has 0 bridgehead atoms. The second kappa shape index (κ2) is 7.23. The number of hydrogen-bond donors (Lipinski definition) is 1. The summed E-state index contributed by atoms with van der Waals surface area (Å²) in [6.45, 7) is 18.5. The van der Waals surface area contributed by atoms with Crippen molar-refractivity contribution in [1.82, 2.24) is 19.8 Å². The van der Waals surface area contributed by atoms with Crippen LogP contribution in [0.2, 0.25) is 0 Å². The molecule has 1 heterocycles. The summed E-state index contributed by atoms with van der Waals surface area (Å²) in [6, 6.07) is 1.16. The van der Waals surface area contributed by atoms with Gasteiger partial charge in [0.15, 0.2) is 0 Å². The summed E-state index contributed by atoms with van der Waals surface area (Å²) in [5.74, 6) is 0. The topological polar surface area (TPSA) is 33.1 Å². The molecule has 0 saturated carbocycles. The van der Waals surface area contributed by atoms with Gasteiger partial charge in [0.05, 0.1) is 12.0 Å². The Kier molecular flexibility index (Phi) is 6.21. The van der Waals surface area contributed by atoms with Crippen LogP contribution in [0.1, 0.15) is 54.2 Å². The summed E-state index contributed by atoms with van der Waals surface area (Å²) in [4.78, 5) is 6.81. The number of imidazole rings is 1. The predicted octanol–water partition coefficient (Wildman–Crippen LogP) is 2.89. The molecule has 4 nitrogen and oxygen atoms in total. The fraction of sp³-hybridized carbons (Fsp3) is 0.812. The third kappa shape index (κ3) is 5.63. The standard InChI is InChI=1S/C16H32N4/c1-13(2)20(14(3)4)9-8-19-12-17-10-15(19)11-18-16(5,6)7/h10,12-14,18H,8-9,11H2,1-7H3. The first kappa shape index (κ1) is 17.2. The van der Waals surface area contributed by atoms with Gasteiger partial charge < -0.3 is 9.88 Å². The van der Waals surface area contributed by atoms with E-state index in [1.54, 1.807) is 0 Å². The minimum Gasteiger partial charge on any atom is -0.332 e.